The maximum absolute atomic E-state index is 11.8. The zero-order valence-corrected chi connectivity index (χ0v) is 10.4. The van der Waals surface area contributed by atoms with Crippen LogP contribution >= 0.6 is 12.4 Å². The van der Waals surface area contributed by atoms with Crippen molar-refractivity contribution < 1.29 is 9.53 Å². The molecule has 0 saturated carbocycles. The van der Waals surface area contributed by atoms with Crippen molar-refractivity contribution in [2.75, 3.05) is 13.2 Å². The van der Waals surface area contributed by atoms with E-state index >= 15 is 0 Å². The van der Waals surface area contributed by atoms with Gasteiger partial charge in [0, 0.05) is 6.54 Å². The molecule has 0 aliphatic carbocycles. The van der Waals surface area contributed by atoms with E-state index in [1.54, 1.807) is 6.92 Å². The van der Waals surface area contributed by atoms with Gasteiger partial charge in [0.25, 0.3) is 0 Å². The molecule has 0 aromatic carbocycles. The first-order valence-corrected chi connectivity index (χ1v) is 5.24. The third kappa shape index (κ3) is 3.63. The number of hydrogen-bond acceptors (Lipinski definition) is 3. The summed E-state index contributed by atoms with van der Waals surface area (Å²) < 4.78 is 5.51. The molecular weight excluding hydrogens is 216 g/mol. The fourth-order valence-corrected chi connectivity index (χ4v) is 1.71. The van der Waals surface area contributed by atoms with Crippen molar-refractivity contribution in [3.8, 4) is 0 Å². The number of nitrogens with zero attached hydrogens (tertiary/aromatic N) is 1. The average molecular weight is 237 g/mol. The summed E-state index contributed by atoms with van der Waals surface area (Å²) in [5.74, 6) is 0.0343. The van der Waals surface area contributed by atoms with Crippen LogP contribution in [0.1, 0.15) is 27.2 Å². The second-order valence-electron chi connectivity index (χ2n) is 3.99. The molecule has 0 aromatic rings. The minimum Gasteiger partial charge on any atom is -0.375 e. The molecule has 90 valence electrons. The van der Waals surface area contributed by atoms with Crippen LogP contribution < -0.4 is 5.73 Å². The van der Waals surface area contributed by atoms with Crippen molar-refractivity contribution >= 4 is 18.3 Å². The normalized spacial score (nSPS) is 28.1. The highest BCUT2D eigenvalue weighted by Gasteiger charge is 2.30. The Balaban J connectivity index is 0.00000196. The van der Waals surface area contributed by atoms with Crippen LogP contribution in [-0.2, 0) is 9.53 Å². The van der Waals surface area contributed by atoms with E-state index in [4.69, 9.17) is 10.5 Å². The molecule has 1 saturated heterocycles. The molecular formula is C10H21ClN2O2. The van der Waals surface area contributed by atoms with Crippen molar-refractivity contribution in [2.24, 2.45) is 5.73 Å². The highest BCUT2D eigenvalue weighted by molar-refractivity contribution is 5.85. The minimum atomic E-state index is -0.408. The lowest BCUT2D eigenvalue weighted by molar-refractivity contribution is -0.145. The highest BCUT2D eigenvalue weighted by Crippen LogP contribution is 2.15. The first kappa shape index (κ1) is 14.7. The van der Waals surface area contributed by atoms with Gasteiger partial charge >= 0.3 is 0 Å². The summed E-state index contributed by atoms with van der Waals surface area (Å²) in [5.41, 5.74) is 5.60. The molecule has 0 aromatic heterocycles. The molecule has 0 spiro atoms. The number of amides is 1. The van der Waals surface area contributed by atoms with Gasteiger partial charge in [-0.05, 0) is 20.3 Å². The Hall–Kier alpha value is -0.320. The van der Waals surface area contributed by atoms with Gasteiger partial charge in [-0.1, -0.05) is 6.92 Å². The van der Waals surface area contributed by atoms with Crippen molar-refractivity contribution in [1.29, 1.82) is 0 Å². The van der Waals surface area contributed by atoms with E-state index in [-0.39, 0.29) is 30.5 Å². The largest absolute Gasteiger partial charge is 0.375 e. The summed E-state index contributed by atoms with van der Waals surface area (Å²) in [6.07, 6.45) is 1.05. The summed E-state index contributed by atoms with van der Waals surface area (Å²) in [5, 5.41) is 0. The van der Waals surface area contributed by atoms with E-state index in [0.29, 0.717) is 13.2 Å². The van der Waals surface area contributed by atoms with Crippen LogP contribution in [0.2, 0.25) is 0 Å². The van der Waals surface area contributed by atoms with Crippen LogP contribution in [0, 0.1) is 0 Å². The summed E-state index contributed by atoms with van der Waals surface area (Å²) in [4.78, 5) is 13.6. The predicted molar refractivity (Wildman–Crippen MR) is 62.1 cm³/mol. The van der Waals surface area contributed by atoms with Gasteiger partial charge in [-0.15, -0.1) is 12.4 Å². The van der Waals surface area contributed by atoms with Gasteiger partial charge in [-0.2, -0.15) is 0 Å². The quantitative estimate of drug-likeness (QED) is 0.771. The topological polar surface area (TPSA) is 55.6 Å². The maximum atomic E-state index is 11.8. The Morgan fingerprint density at radius 1 is 1.67 bits per heavy atom. The molecule has 15 heavy (non-hydrogen) atoms. The zero-order chi connectivity index (χ0) is 10.7. The molecule has 0 bridgehead atoms. The second-order valence-corrected chi connectivity index (χ2v) is 3.99. The number of morpholine rings is 1. The second kappa shape index (κ2) is 6.30. The molecule has 4 nitrogen and oxygen atoms in total. The Kier molecular flexibility index (Phi) is 6.17. The Bertz CT molecular complexity index is 212. The molecule has 3 atom stereocenters. The van der Waals surface area contributed by atoms with Crippen LogP contribution in [0.3, 0.4) is 0 Å². The molecule has 1 aliphatic heterocycles. The van der Waals surface area contributed by atoms with Gasteiger partial charge in [-0.3, -0.25) is 4.79 Å². The Morgan fingerprint density at radius 3 is 2.73 bits per heavy atom. The molecule has 0 radical (unpaired) electrons. The van der Waals surface area contributed by atoms with Crippen molar-refractivity contribution in [1.82, 2.24) is 4.90 Å². The molecule has 1 amide bonds. The number of hydrogen-bond donors (Lipinski definition) is 1. The molecule has 2 N–H and O–H groups in total. The number of rotatable bonds is 2. The van der Waals surface area contributed by atoms with Crippen molar-refractivity contribution in [3.63, 3.8) is 0 Å². The first-order chi connectivity index (χ1) is 6.56. The molecule has 1 fully saturated rings. The fraction of sp³-hybridized carbons (Fsp3) is 0.900. The monoisotopic (exact) mass is 236 g/mol. The van der Waals surface area contributed by atoms with Gasteiger partial charge in [0.1, 0.15) is 0 Å². The molecule has 2 unspecified atom stereocenters. The van der Waals surface area contributed by atoms with Gasteiger partial charge < -0.3 is 15.4 Å². The maximum Gasteiger partial charge on any atom is 0.239 e. The van der Waals surface area contributed by atoms with E-state index < -0.39 is 6.04 Å². The first-order valence-electron chi connectivity index (χ1n) is 5.24. The standard InChI is InChI=1S/C10H20N2O2.ClH/c1-4-9-6-14-7(2)5-12(9)10(13)8(3)11;/h7-9H,4-6,11H2,1-3H3;1H/t7?,8-,9?;/m1./s1. The van der Waals surface area contributed by atoms with E-state index in [2.05, 4.69) is 6.92 Å². The summed E-state index contributed by atoms with van der Waals surface area (Å²) in [6.45, 7) is 7.07. The van der Waals surface area contributed by atoms with Gasteiger partial charge in [0.05, 0.1) is 24.8 Å². The van der Waals surface area contributed by atoms with Crippen molar-refractivity contribution in [2.45, 2.75) is 45.4 Å². The third-order valence-corrected chi connectivity index (χ3v) is 2.61. The van der Waals surface area contributed by atoms with E-state index in [9.17, 15) is 4.79 Å². The molecule has 1 heterocycles. The SMILES string of the molecule is CCC1COC(C)CN1C(=O)[C@@H](C)N.Cl. The Labute approximate surface area is 97.5 Å². The fourth-order valence-electron chi connectivity index (χ4n) is 1.71. The lowest BCUT2D eigenvalue weighted by Gasteiger charge is -2.39. The van der Waals surface area contributed by atoms with Crippen LogP contribution in [-0.4, -0.2) is 42.1 Å². The minimum absolute atomic E-state index is 0. The van der Waals surface area contributed by atoms with Gasteiger partial charge in [-0.25, -0.2) is 0 Å². The number of carbonyl (C=O) groups excluding carboxylic acids is 1. The van der Waals surface area contributed by atoms with E-state index in [0.717, 1.165) is 6.42 Å². The van der Waals surface area contributed by atoms with Crippen LogP contribution in [0.5, 0.6) is 0 Å². The number of ether oxygens (including phenoxy) is 1. The third-order valence-electron chi connectivity index (χ3n) is 2.61. The predicted octanol–water partition coefficient (Wildman–Crippen LogP) is 0.781. The number of halogens is 1. The highest BCUT2D eigenvalue weighted by atomic mass is 35.5. The zero-order valence-electron chi connectivity index (χ0n) is 9.60. The number of carbonyl (C=O) groups is 1. The summed E-state index contributed by atoms with van der Waals surface area (Å²) in [7, 11) is 0. The van der Waals surface area contributed by atoms with E-state index in [1.807, 2.05) is 11.8 Å². The Morgan fingerprint density at radius 2 is 2.27 bits per heavy atom. The lowest BCUT2D eigenvalue weighted by Crippen LogP contribution is -2.55. The van der Waals surface area contributed by atoms with Gasteiger partial charge in [0.2, 0.25) is 5.91 Å². The van der Waals surface area contributed by atoms with Crippen LogP contribution in [0.15, 0.2) is 0 Å². The lowest BCUT2D eigenvalue weighted by atomic mass is 10.1. The smallest absolute Gasteiger partial charge is 0.239 e. The molecule has 5 heteroatoms. The van der Waals surface area contributed by atoms with E-state index in [1.165, 1.54) is 0 Å². The van der Waals surface area contributed by atoms with Crippen molar-refractivity contribution in [3.05, 3.63) is 0 Å². The van der Waals surface area contributed by atoms with Crippen LogP contribution in [0.25, 0.3) is 0 Å². The molecule has 1 aliphatic rings. The molecule has 1 rings (SSSR count). The van der Waals surface area contributed by atoms with Gasteiger partial charge in [0.15, 0.2) is 0 Å². The summed E-state index contributed by atoms with van der Waals surface area (Å²) in [6, 6.07) is -0.209. The van der Waals surface area contributed by atoms with Crippen LogP contribution in [0.4, 0.5) is 0 Å². The summed E-state index contributed by atoms with van der Waals surface area (Å²) >= 11 is 0. The number of nitrogens with two attached hydrogens (primary N) is 1. The average Bonchev–Trinajstić information content (AvgIpc) is 2.16.